The van der Waals surface area contributed by atoms with Gasteiger partial charge in [0.1, 0.15) is 0 Å². The van der Waals surface area contributed by atoms with Crippen LogP contribution in [-0.2, 0) is 14.4 Å². The predicted molar refractivity (Wildman–Crippen MR) is 105 cm³/mol. The van der Waals surface area contributed by atoms with E-state index in [9.17, 15) is 9.59 Å². The second-order valence-corrected chi connectivity index (χ2v) is 7.35. The number of imide groups is 1. The van der Waals surface area contributed by atoms with Gasteiger partial charge in [0.15, 0.2) is 6.10 Å². The first-order chi connectivity index (χ1) is 13.1. The highest BCUT2D eigenvalue weighted by molar-refractivity contribution is 6.31. The molecule has 0 aromatic heterocycles. The average molecular weight is 385 g/mol. The summed E-state index contributed by atoms with van der Waals surface area (Å²) in [7, 11) is 0. The van der Waals surface area contributed by atoms with Gasteiger partial charge in [-0.15, -0.1) is 0 Å². The fraction of sp³-hybridized carbons (Fsp3) is 0.333. The van der Waals surface area contributed by atoms with Gasteiger partial charge in [0, 0.05) is 5.02 Å². The van der Waals surface area contributed by atoms with Crippen LogP contribution < -0.4 is 9.96 Å². The summed E-state index contributed by atoms with van der Waals surface area (Å²) in [5, 5.41) is 2.32. The Morgan fingerprint density at radius 2 is 1.67 bits per heavy atom. The van der Waals surface area contributed by atoms with Crippen molar-refractivity contribution in [2.45, 2.75) is 38.3 Å². The molecule has 0 spiro atoms. The Morgan fingerprint density at radius 3 is 2.33 bits per heavy atom. The number of para-hydroxylation sites is 1. The minimum Gasteiger partial charge on any atom is -0.273 e. The summed E-state index contributed by atoms with van der Waals surface area (Å²) in [6, 6.07) is 16.2. The number of hydrogen-bond donors (Lipinski definition) is 0. The minimum atomic E-state index is -0.782. The highest BCUT2D eigenvalue weighted by atomic mass is 35.5. The molecule has 0 aliphatic carbocycles. The van der Waals surface area contributed by atoms with Gasteiger partial charge in [0.2, 0.25) is 5.91 Å². The monoisotopic (exact) mass is 384 g/mol. The van der Waals surface area contributed by atoms with E-state index in [1.807, 2.05) is 30.3 Å². The Labute approximate surface area is 163 Å². The minimum absolute atomic E-state index is 0.161. The van der Waals surface area contributed by atoms with Gasteiger partial charge in [-0.25, -0.2) is 9.96 Å². The summed E-state index contributed by atoms with van der Waals surface area (Å²) < 4.78 is 0. The van der Waals surface area contributed by atoms with Gasteiger partial charge in [0.05, 0.1) is 23.3 Å². The number of amides is 2. The Bertz CT molecular complexity index is 840. The first kappa shape index (κ1) is 18.0. The van der Waals surface area contributed by atoms with Gasteiger partial charge in [-0.3, -0.25) is 14.4 Å². The first-order valence-corrected chi connectivity index (χ1v) is 9.64. The van der Waals surface area contributed by atoms with Crippen molar-refractivity contribution in [3.8, 4) is 0 Å². The number of carbonyl (C=O) groups is 2. The molecule has 2 aliphatic rings. The maximum Gasteiger partial charge on any atom is 0.266 e. The molecule has 2 amide bonds. The van der Waals surface area contributed by atoms with Crippen molar-refractivity contribution < 1.29 is 14.4 Å². The molecular formula is C21H21ClN2O3. The SMILES string of the molecule is CCCC[C@H]1[C@H]2C(=O)N(c3ccc(Cl)cc3)C(=O)[C@@H]2ON1c1ccccc1. The summed E-state index contributed by atoms with van der Waals surface area (Å²) >= 11 is 5.93. The molecule has 2 heterocycles. The van der Waals surface area contributed by atoms with E-state index in [4.69, 9.17) is 16.4 Å². The molecule has 2 aromatic rings. The van der Waals surface area contributed by atoms with Crippen molar-refractivity contribution in [1.82, 2.24) is 0 Å². The zero-order valence-corrected chi connectivity index (χ0v) is 15.8. The number of benzene rings is 2. The highest BCUT2D eigenvalue weighted by Gasteiger charge is 2.59. The van der Waals surface area contributed by atoms with Gasteiger partial charge in [0.25, 0.3) is 5.91 Å². The van der Waals surface area contributed by atoms with Crippen molar-refractivity contribution in [2.24, 2.45) is 5.92 Å². The standard InChI is InChI=1S/C21H21ClN2O3/c1-2-3-9-17-18-19(27-24(17)16-7-5-4-6-8-16)21(26)23(20(18)25)15-12-10-14(22)11-13-15/h4-8,10-13,17-19H,2-3,9H2,1H3/t17-,18+,19+/m0/s1. The first-order valence-electron chi connectivity index (χ1n) is 9.26. The lowest BCUT2D eigenvalue weighted by atomic mass is 9.92. The van der Waals surface area contributed by atoms with Crippen molar-refractivity contribution in [3.05, 3.63) is 59.6 Å². The molecule has 3 atom stereocenters. The molecule has 5 nitrogen and oxygen atoms in total. The van der Waals surface area contributed by atoms with Crippen molar-refractivity contribution in [2.75, 3.05) is 9.96 Å². The maximum absolute atomic E-state index is 13.2. The van der Waals surface area contributed by atoms with E-state index >= 15 is 0 Å². The van der Waals surface area contributed by atoms with Crippen molar-refractivity contribution in [3.63, 3.8) is 0 Å². The van der Waals surface area contributed by atoms with E-state index in [2.05, 4.69) is 6.92 Å². The van der Waals surface area contributed by atoms with E-state index in [0.717, 1.165) is 24.9 Å². The van der Waals surface area contributed by atoms with E-state index in [0.29, 0.717) is 10.7 Å². The molecule has 0 radical (unpaired) electrons. The van der Waals surface area contributed by atoms with Crippen LogP contribution in [0.5, 0.6) is 0 Å². The molecule has 2 aromatic carbocycles. The summed E-state index contributed by atoms with van der Waals surface area (Å²) in [6.45, 7) is 2.11. The molecule has 140 valence electrons. The van der Waals surface area contributed by atoms with Gasteiger partial charge in [-0.05, 0) is 42.8 Å². The lowest BCUT2D eigenvalue weighted by Gasteiger charge is -2.28. The Kier molecular flexibility index (Phi) is 4.89. The molecule has 27 heavy (non-hydrogen) atoms. The number of unbranched alkanes of at least 4 members (excludes halogenated alkanes) is 1. The topological polar surface area (TPSA) is 49.9 Å². The second-order valence-electron chi connectivity index (χ2n) is 6.91. The van der Waals surface area contributed by atoms with Crippen LogP contribution in [0, 0.1) is 5.92 Å². The molecular weight excluding hydrogens is 364 g/mol. The Morgan fingerprint density at radius 1 is 0.963 bits per heavy atom. The summed E-state index contributed by atoms with van der Waals surface area (Å²) in [6.07, 6.45) is 1.98. The van der Waals surface area contributed by atoms with Gasteiger partial charge >= 0.3 is 0 Å². The molecule has 0 bridgehead atoms. The van der Waals surface area contributed by atoms with Crippen molar-refractivity contribution >= 4 is 34.8 Å². The maximum atomic E-state index is 13.2. The largest absolute Gasteiger partial charge is 0.273 e. The van der Waals surface area contributed by atoms with Crippen LogP contribution >= 0.6 is 11.6 Å². The molecule has 6 heteroatoms. The quantitative estimate of drug-likeness (QED) is 0.724. The Hall–Kier alpha value is -2.37. The van der Waals surface area contributed by atoms with E-state index in [1.54, 1.807) is 29.3 Å². The fourth-order valence-electron chi connectivity index (χ4n) is 3.87. The number of halogens is 1. The molecule has 2 fully saturated rings. The molecule has 0 N–H and O–H groups in total. The highest BCUT2D eigenvalue weighted by Crippen LogP contribution is 2.42. The second kappa shape index (κ2) is 7.33. The molecule has 2 saturated heterocycles. The normalized spacial score (nSPS) is 24.6. The number of anilines is 2. The zero-order valence-electron chi connectivity index (χ0n) is 15.0. The van der Waals surface area contributed by atoms with E-state index in [-0.39, 0.29) is 17.9 Å². The lowest BCUT2D eigenvalue weighted by Crippen LogP contribution is -2.40. The number of nitrogens with zero attached hydrogens (tertiary/aromatic N) is 2. The number of hydrogen-bond acceptors (Lipinski definition) is 4. The number of rotatable bonds is 5. The van der Waals surface area contributed by atoms with Crippen LogP contribution in [0.3, 0.4) is 0 Å². The third-order valence-corrected chi connectivity index (χ3v) is 5.44. The lowest BCUT2D eigenvalue weighted by molar-refractivity contribution is -0.126. The zero-order chi connectivity index (χ0) is 19.0. The van der Waals surface area contributed by atoms with E-state index in [1.165, 1.54) is 4.90 Å². The Balaban J connectivity index is 1.66. The van der Waals surface area contributed by atoms with Gasteiger partial charge in [-0.2, -0.15) is 0 Å². The number of hydroxylamine groups is 1. The molecule has 0 saturated carbocycles. The summed E-state index contributed by atoms with van der Waals surface area (Å²) in [5.74, 6) is -1.01. The van der Waals surface area contributed by atoms with Crippen LogP contribution in [0.4, 0.5) is 11.4 Å². The van der Waals surface area contributed by atoms with Crippen LogP contribution in [0.1, 0.15) is 26.2 Å². The third kappa shape index (κ3) is 3.11. The fourth-order valence-corrected chi connectivity index (χ4v) is 4.00. The molecule has 4 rings (SSSR count). The third-order valence-electron chi connectivity index (χ3n) is 5.19. The predicted octanol–water partition coefficient (Wildman–Crippen LogP) is 4.21. The van der Waals surface area contributed by atoms with E-state index < -0.39 is 12.0 Å². The number of fused-ring (bicyclic) bond motifs is 1. The van der Waals surface area contributed by atoms with Crippen LogP contribution in [0.15, 0.2) is 54.6 Å². The molecule has 2 aliphatic heterocycles. The number of carbonyl (C=O) groups excluding carboxylic acids is 2. The summed E-state index contributed by atoms with van der Waals surface area (Å²) in [4.78, 5) is 33.5. The van der Waals surface area contributed by atoms with Gasteiger partial charge < -0.3 is 0 Å². The smallest absolute Gasteiger partial charge is 0.266 e. The average Bonchev–Trinajstić information content (AvgIpc) is 3.18. The van der Waals surface area contributed by atoms with Crippen molar-refractivity contribution in [1.29, 1.82) is 0 Å². The van der Waals surface area contributed by atoms with Crippen LogP contribution in [0.25, 0.3) is 0 Å². The van der Waals surface area contributed by atoms with Crippen LogP contribution in [0.2, 0.25) is 5.02 Å². The van der Waals surface area contributed by atoms with Crippen LogP contribution in [-0.4, -0.2) is 24.0 Å². The summed E-state index contributed by atoms with van der Waals surface area (Å²) in [5.41, 5.74) is 1.40. The van der Waals surface area contributed by atoms with Gasteiger partial charge in [-0.1, -0.05) is 49.6 Å². The molecule has 0 unspecified atom stereocenters.